The van der Waals surface area contributed by atoms with Crippen molar-refractivity contribution < 1.29 is 4.79 Å². The van der Waals surface area contributed by atoms with Crippen LogP contribution in [0.15, 0.2) is 0 Å². The van der Waals surface area contributed by atoms with Crippen LogP contribution >= 0.6 is 11.8 Å². The molecule has 1 unspecified atom stereocenters. The van der Waals surface area contributed by atoms with E-state index >= 15 is 0 Å². The molecule has 16 heavy (non-hydrogen) atoms. The van der Waals surface area contributed by atoms with Crippen molar-refractivity contribution in [1.29, 1.82) is 0 Å². The van der Waals surface area contributed by atoms with Gasteiger partial charge in [-0.1, -0.05) is 0 Å². The van der Waals surface area contributed by atoms with Crippen molar-refractivity contribution in [2.24, 2.45) is 5.73 Å². The van der Waals surface area contributed by atoms with Crippen molar-refractivity contribution in [3.05, 3.63) is 0 Å². The van der Waals surface area contributed by atoms with Gasteiger partial charge in [0.2, 0.25) is 5.91 Å². The molecule has 1 fully saturated rings. The van der Waals surface area contributed by atoms with E-state index in [9.17, 15) is 4.79 Å². The minimum Gasteiger partial charge on any atom is -0.353 e. The van der Waals surface area contributed by atoms with Crippen LogP contribution < -0.4 is 11.1 Å². The third-order valence-corrected chi connectivity index (χ3v) is 4.34. The van der Waals surface area contributed by atoms with Crippen LogP contribution in [-0.2, 0) is 4.79 Å². The highest BCUT2D eigenvalue weighted by Crippen LogP contribution is 2.26. The molecule has 94 valence electrons. The normalized spacial score (nSPS) is 27.4. The first-order valence-corrected chi connectivity index (χ1v) is 7.48. The molecule has 1 saturated carbocycles. The van der Waals surface area contributed by atoms with Gasteiger partial charge in [-0.3, -0.25) is 4.79 Å². The Hall–Kier alpha value is -0.220. The lowest BCUT2D eigenvalue weighted by Crippen LogP contribution is -2.38. The number of carbonyl (C=O) groups is 1. The summed E-state index contributed by atoms with van der Waals surface area (Å²) in [5.74, 6) is 0.171. The lowest BCUT2D eigenvalue weighted by atomic mass is 9.95. The van der Waals surface area contributed by atoms with E-state index < -0.39 is 0 Å². The lowest BCUT2D eigenvalue weighted by Gasteiger charge is -2.28. The van der Waals surface area contributed by atoms with Crippen LogP contribution in [0.2, 0.25) is 0 Å². The van der Waals surface area contributed by atoms with Gasteiger partial charge >= 0.3 is 0 Å². The number of rotatable bonds is 5. The molecule has 0 aromatic heterocycles. The Kier molecular flexibility index (Phi) is 6.21. The predicted octanol–water partition coefficient (Wildman–Crippen LogP) is 1.90. The molecule has 1 atom stereocenters. The molecule has 0 spiro atoms. The zero-order valence-electron chi connectivity index (χ0n) is 10.4. The van der Waals surface area contributed by atoms with E-state index in [0.717, 1.165) is 24.5 Å². The second kappa shape index (κ2) is 7.17. The quantitative estimate of drug-likeness (QED) is 0.776. The van der Waals surface area contributed by atoms with Crippen LogP contribution in [0.1, 0.15) is 45.4 Å². The summed E-state index contributed by atoms with van der Waals surface area (Å²) in [5.41, 5.74) is 5.63. The fourth-order valence-corrected chi connectivity index (χ4v) is 2.85. The van der Waals surface area contributed by atoms with Crippen molar-refractivity contribution in [2.45, 2.75) is 62.8 Å². The van der Waals surface area contributed by atoms with E-state index in [1.165, 1.54) is 12.8 Å². The fourth-order valence-electron chi connectivity index (χ4n) is 2.10. The summed E-state index contributed by atoms with van der Waals surface area (Å²) >= 11 is 1.95. The number of hydrogen-bond acceptors (Lipinski definition) is 3. The van der Waals surface area contributed by atoms with Gasteiger partial charge in [0.05, 0.1) is 0 Å². The first-order valence-electron chi connectivity index (χ1n) is 6.19. The van der Waals surface area contributed by atoms with E-state index in [4.69, 9.17) is 5.73 Å². The minimum atomic E-state index is 0.123. The maximum Gasteiger partial charge on any atom is 0.220 e. The Labute approximate surface area is 103 Å². The summed E-state index contributed by atoms with van der Waals surface area (Å²) in [5, 5.41) is 3.92. The number of nitrogens with one attached hydrogen (secondary N) is 1. The van der Waals surface area contributed by atoms with Crippen molar-refractivity contribution in [1.82, 2.24) is 5.32 Å². The Balaban J connectivity index is 2.15. The van der Waals surface area contributed by atoms with Crippen molar-refractivity contribution in [3.63, 3.8) is 0 Å². The highest BCUT2D eigenvalue weighted by atomic mass is 32.2. The third kappa shape index (κ3) is 5.21. The minimum absolute atomic E-state index is 0.123. The summed E-state index contributed by atoms with van der Waals surface area (Å²) < 4.78 is 0. The fraction of sp³-hybridized carbons (Fsp3) is 0.917. The van der Waals surface area contributed by atoms with E-state index in [0.29, 0.717) is 12.5 Å². The van der Waals surface area contributed by atoms with Crippen LogP contribution in [0.5, 0.6) is 0 Å². The average molecular weight is 244 g/mol. The van der Waals surface area contributed by atoms with Crippen LogP contribution in [0.3, 0.4) is 0 Å². The summed E-state index contributed by atoms with van der Waals surface area (Å²) in [6.45, 7) is 1.94. The Morgan fingerprint density at radius 3 is 2.56 bits per heavy atom. The Morgan fingerprint density at radius 1 is 1.44 bits per heavy atom. The maximum absolute atomic E-state index is 11.6. The Morgan fingerprint density at radius 2 is 2.06 bits per heavy atom. The summed E-state index contributed by atoms with van der Waals surface area (Å²) in [6.07, 6.45) is 8.27. The van der Waals surface area contributed by atoms with E-state index in [-0.39, 0.29) is 11.9 Å². The highest BCUT2D eigenvalue weighted by Gasteiger charge is 2.21. The van der Waals surface area contributed by atoms with Gasteiger partial charge in [-0.05, 0) is 45.3 Å². The predicted molar refractivity (Wildman–Crippen MR) is 70.6 cm³/mol. The molecule has 0 radical (unpaired) electrons. The molecular weight excluding hydrogens is 220 g/mol. The molecule has 4 heteroatoms. The van der Waals surface area contributed by atoms with Crippen LogP contribution in [0, 0.1) is 0 Å². The number of hydrogen-bond donors (Lipinski definition) is 2. The summed E-state index contributed by atoms with van der Waals surface area (Å²) in [7, 11) is 0. The first-order chi connectivity index (χ1) is 7.61. The van der Waals surface area contributed by atoms with Gasteiger partial charge in [0.25, 0.3) is 0 Å². The molecule has 0 aromatic carbocycles. The first kappa shape index (κ1) is 13.8. The van der Waals surface area contributed by atoms with Crippen molar-refractivity contribution in [2.75, 3.05) is 6.26 Å². The number of carbonyl (C=O) groups excluding carboxylic acids is 1. The second-order valence-corrected chi connectivity index (χ2v) is 5.93. The number of nitrogens with two attached hydrogens (primary N) is 1. The zero-order chi connectivity index (χ0) is 12.0. The van der Waals surface area contributed by atoms with Crippen LogP contribution in [-0.4, -0.2) is 29.5 Å². The number of thioether (sulfide) groups is 1. The molecular formula is C12H24N2OS. The smallest absolute Gasteiger partial charge is 0.220 e. The molecule has 0 heterocycles. The third-order valence-electron chi connectivity index (χ3n) is 3.20. The second-order valence-electron chi connectivity index (χ2n) is 4.79. The number of amides is 1. The summed E-state index contributed by atoms with van der Waals surface area (Å²) in [4.78, 5) is 11.6. The van der Waals surface area contributed by atoms with Gasteiger partial charge in [-0.15, -0.1) is 0 Å². The van der Waals surface area contributed by atoms with Gasteiger partial charge in [0.15, 0.2) is 0 Å². The molecule has 3 N–H and O–H groups in total. The molecule has 1 rings (SSSR count). The lowest BCUT2D eigenvalue weighted by molar-refractivity contribution is -0.122. The maximum atomic E-state index is 11.6. The van der Waals surface area contributed by atoms with Crippen LogP contribution in [0.25, 0.3) is 0 Å². The van der Waals surface area contributed by atoms with Gasteiger partial charge in [0, 0.05) is 23.8 Å². The molecule has 1 aliphatic rings. The van der Waals surface area contributed by atoms with Crippen molar-refractivity contribution in [3.8, 4) is 0 Å². The van der Waals surface area contributed by atoms with Gasteiger partial charge in [-0.2, -0.15) is 11.8 Å². The van der Waals surface area contributed by atoms with Crippen molar-refractivity contribution >= 4 is 17.7 Å². The van der Waals surface area contributed by atoms with Gasteiger partial charge < -0.3 is 11.1 Å². The molecule has 0 aliphatic heterocycles. The average Bonchev–Trinajstić information content (AvgIpc) is 2.27. The molecule has 0 aromatic rings. The molecule has 0 saturated heterocycles. The van der Waals surface area contributed by atoms with E-state index in [1.807, 2.05) is 18.7 Å². The summed E-state index contributed by atoms with van der Waals surface area (Å²) in [6, 6.07) is 0.530. The molecule has 1 aliphatic carbocycles. The topological polar surface area (TPSA) is 55.1 Å². The van der Waals surface area contributed by atoms with Gasteiger partial charge in [0.1, 0.15) is 0 Å². The monoisotopic (exact) mass is 244 g/mol. The van der Waals surface area contributed by atoms with E-state index in [2.05, 4.69) is 11.6 Å². The van der Waals surface area contributed by atoms with Gasteiger partial charge in [-0.25, -0.2) is 0 Å². The largest absolute Gasteiger partial charge is 0.353 e. The van der Waals surface area contributed by atoms with Crippen LogP contribution in [0.4, 0.5) is 0 Å². The SMILES string of the molecule is CSC1CCC(NC(=O)CCC(C)N)CC1. The zero-order valence-corrected chi connectivity index (χ0v) is 11.2. The van der Waals surface area contributed by atoms with E-state index in [1.54, 1.807) is 0 Å². The standard InChI is InChI=1S/C12H24N2OS/c1-9(13)3-8-12(15)14-10-4-6-11(16-2)7-5-10/h9-11H,3-8,13H2,1-2H3,(H,14,15). The highest BCUT2D eigenvalue weighted by molar-refractivity contribution is 7.99. The molecule has 3 nitrogen and oxygen atoms in total. The molecule has 1 amide bonds. The Bertz CT molecular complexity index is 213. The molecule has 0 bridgehead atoms.